The fourth-order valence-corrected chi connectivity index (χ4v) is 12.1. The molecule has 0 aliphatic heterocycles. The number of ether oxygens (including phenoxy) is 1. The third-order valence-corrected chi connectivity index (χ3v) is 16.1. The Morgan fingerprint density at radius 2 is 1.50 bits per heavy atom. The van der Waals surface area contributed by atoms with Gasteiger partial charge in [-0.2, -0.15) is 0 Å². The average Bonchev–Trinajstić information content (AvgIpc) is 3.41. The van der Waals surface area contributed by atoms with Crippen LogP contribution in [0.4, 0.5) is 0 Å². The molecule has 0 spiro atoms. The van der Waals surface area contributed by atoms with E-state index in [1.54, 1.807) is 24.4 Å². The minimum Gasteiger partial charge on any atom is -0.506 e. The van der Waals surface area contributed by atoms with Gasteiger partial charge >= 0.3 is 5.69 Å². The van der Waals surface area contributed by atoms with Crippen LogP contribution in [0.2, 0.25) is 30.7 Å². The van der Waals surface area contributed by atoms with Gasteiger partial charge in [-0.1, -0.05) is 101 Å². The Morgan fingerprint density at radius 1 is 0.846 bits per heavy atom. The number of hydrogen-bond acceptors (Lipinski definition) is 8. The molecule has 0 saturated carbocycles. The zero-order valence-corrected chi connectivity index (χ0v) is 32.8. The number of ketones is 1. The molecule has 0 radical (unpaired) electrons. The van der Waals surface area contributed by atoms with E-state index in [9.17, 15) is 14.7 Å². The number of benzene rings is 2. The first-order chi connectivity index (χ1) is 24.8. The van der Waals surface area contributed by atoms with Crippen LogP contribution in [0, 0.1) is 0 Å². The summed E-state index contributed by atoms with van der Waals surface area (Å²) in [5.74, 6) is 0.0233. The summed E-state index contributed by atoms with van der Waals surface area (Å²) in [5, 5.41) is 13.1. The number of Topliss-reactive ketones (excluding diaryl/α,β-unsaturated/α-hetero) is 1. The summed E-state index contributed by atoms with van der Waals surface area (Å²) in [6.07, 6.45) is 3.80. The maximum atomic E-state index is 13.9. The summed E-state index contributed by atoms with van der Waals surface area (Å²) in [6, 6.07) is 28.3. The molecular formula is C40H47N5O5Si2. The maximum Gasteiger partial charge on any atom is 0.338 e. The SMILES string of the molecule is CC(C)(C)[Si](OCCCC(=O)c1ccnc2ccc(-n3c(=O)n(COCC[Si](C)(C)C)c4nccc(O)c43)nc12)(c1ccccc1)c1ccccc1. The molecule has 0 fully saturated rings. The lowest BCUT2D eigenvalue weighted by molar-refractivity contribution is 0.0871. The molecule has 0 atom stereocenters. The van der Waals surface area contributed by atoms with Gasteiger partial charge in [-0.25, -0.2) is 19.3 Å². The summed E-state index contributed by atoms with van der Waals surface area (Å²) in [4.78, 5) is 41.4. The standard InChI is InChI=1S/C40H47N5O5Si2/c1-40(2,3)52(29-14-9-7-10-15-29,30-16-11-8-12-17-30)50-25-13-18-33(46)31-21-23-41-32-19-20-35(43-36(31)32)45-37-34(47)22-24-42-38(37)44(39(45)48)28-49-26-27-51(4,5)6/h7-12,14-17,19-24H,13,18,25-28H2,1-6H3,(H,42,47). The van der Waals surface area contributed by atoms with Gasteiger partial charge in [-0.3, -0.25) is 14.3 Å². The van der Waals surface area contributed by atoms with E-state index in [-0.39, 0.29) is 46.7 Å². The lowest BCUT2D eigenvalue weighted by atomic mass is 10.1. The summed E-state index contributed by atoms with van der Waals surface area (Å²) in [6.45, 7) is 14.4. The van der Waals surface area contributed by atoms with Crippen LogP contribution in [0.15, 0.2) is 102 Å². The third-order valence-electron chi connectivity index (χ3n) is 9.38. The number of aromatic nitrogens is 5. The van der Waals surface area contributed by atoms with Crippen molar-refractivity contribution in [1.82, 2.24) is 24.1 Å². The Kier molecular flexibility index (Phi) is 10.7. The second-order valence-corrected chi connectivity index (χ2v) is 25.3. The maximum absolute atomic E-state index is 13.9. The molecule has 6 aromatic rings. The highest BCUT2D eigenvalue weighted by atomic mass is 28.4. The Bertz CT molecular complexity index is 2200. The van der Waals surface area contributed by atoms with Crippen LogP contribution >= 0.6 is 0 Å². The second-order valence-electron chi connectivity index (χ2n) is 15.3. The molecule has 0 aliphatic carbocycles. The normalized spacial score (nSPS) is 12.5. The van der Waals surface area contributed by atoms with Crippen molar-refractivity contribution in [3.8, 4) is 11.6 Å². The lowest BCUT2D eigenvalue weighted by Crippen LogP contribution is -2.66. The minimum atomic E-state index is -2.74. The van der Waals surface area contributed by atoms with E-state index >= 15 is 0 Å². The first-order valence-electron chi connectivity index (χ1n) is 17.7. The Labute approximate surface area is 306 Å². The van der Waals surface area contributed by atoms with Crippen LogP contribution in [0.25, 0.3) is 28.0 Å². The van der Waals surface area contributed by atoms with Gasteiger partial charge in [0.25, 0.3) is 8.32 Å². The number of nitrogens with zero attached hydrogens (tertiary/aromatic N) is 5. The van der Waals surface area contributed by atoms with Crippen molar-refractivity contribution in [2.24, 2.45) is 0 Å². The predicted molar refractivity (Wildman–Crippen MR) is 211 cm³/mol. The van der Waals surface area contributed by atoms with Gasteiger partial charge in [0.15, 0.2) is 11.4 Å². The quantitative estimate of drug-likeness (QED) is 0.0748. The number of fused-ring (bicyclic) bond motifs is 2. The van der Waals surface area contributed by atoms with Gasteiger partial charge in [0.2, 0.25) is 0 Å². The molecule has 270 valence electrons. The number of carbonyl (C=O) groups excluding carboxylic acids is 1. The predicted octanol–water partition coefficient (Wildman–Crippen LogP) is 6.69. The zero-order chi connectivity index (χ0) is 37.1. The van der Waals surface area contributed by atoms with Crippen LogP contribution in [0.3, 0.4) is 0 Å². The fourth-order valence-electron chi connectivity index (χ4n) is 6.73. The van der Waals surface area contributed by atoms with Crippen molar-refractivity contribution < 1.29 is 19.1 Å². The molecule has 2 aromatic carbocycles. The van der Waals surface area contributed by atoms with E-state index < -0.39 is 22.1 Å². The summed E-state index contributed by atoms with van der Waals surface area (Å²) in [5.41, 5.74) is 1.34. The molecule has 0 amide bonds. The van der Waals surface area contributed by atoms with Crippen LogP contribution in [-0.2, 0) is 15.9 Å². The molecule has 1 N–H and O–H groups in total. The van der Waals surface area contributed by atoms with Gasteiger partial charge in [0, 0.05) is 51.7 Å². The monoisotopic (exact) mass is 733 g/mol. The zero-order valence-electron chi connectivity index (χ0n) is 30.8. The molecule has 0 aliphatic rings. The summed E-state index contributed by atoms with van der Waals surface area (Å²) in [7, 11) is -4.08. The van der Waals surface area contributed by atoms with Gasteiger partial charge in [0.1, 0.15) is 29.3 Å². The Balaban J connectivity index is 1.27. The van der Waals surface area contributed by atoms with Crippen molar-refractivity contribution in [2.45, 2.75) is 71.1 Å². The van der Waals surface area contributed by atoms with Gasteiger partial charge < -0.3 is 14.3 Å². The number of aromatic hydroxyl groups is 1. The highest BCUT2D eigenvalue weighted by molar-refractivity contribution is 6.99. The Morgan fingerprint density at radius 3 is 2.13 bits per heavy atom. The molecule has 0 unspecified atom stereocenters. The van der Waals surface area contributed by atoms with Crippen LogP contribution in [0.5, 0.6) is 5.75 Å². The van der Waals surface area contributed by atoms with E-state index in [0.29, 0.717) is 36.2 Å². The molecule has 4 heterocycles. The molecule has 0 bridgehead atoms. The van der Waals surface area contributed by atoms with Gasteiger partial charge in [-0.05, 0) is 46.1 Å². The van der Waals surface area contributed by atoms with E-state index in [1.807, 2.05) is 12.1 Å². The smallest absolute Gasteiger partial charge is 0.338 e. The molecule has 52 heavy (non-hydrogen) atoms. The average molecular weight is 734 g/mol. The largest absolute Gasteiger partial charge is 0.506 e. The first-order valence-corrected chi connectivity index (χ1v) is 23.3. The molecule has 6 rings (SSSR count). The van der Waals surface area contributed by atoms with Crippen molar-refractivity contribution in [3.63, 3.8) is 0 Å². The van der Waals surface area contributed by atoms with Gasteiger partial charge in [-0.15, -0.1) is 0 Å². The molecule has 10 nitrogen and oxygen atoms in total. The van der Waals surface area contributed by atoms with Crippen molar-refractivity contribution in [2.75, 3.05) is 13.2 Å². The first kappa shape index (κ1) is 37.0. The van der Waals surface area contributed by atoms with Crippen LogP contribution < -0.4 is 16.1 Å². The highest BCUT2D eigenvalue weighted by Crippen LogP contribution is 2.37. The van der Waals surface area contributed by atoms with Crippen molar-refractivity contribution in [1.29, 1.82) is 0 Å². The number of hydrogen-bond donors (Lipinski definition) is 1. The Hall–Kier alpha value is -4.76. The minimum absolute atomic E-state index is 0.0158. The van der Waals surface area contributed by atoms with Crippen LogP contribution in [-0.4, -0.2) is 64.6 Å². The number of imidazole rings is 1. The van der Waals surface area contributed by atoms with E-state index in [0.717, 1.165) is 6.04 Å². The summed E-state index contributed by atoms with van der Waals surface area (Å²) < 4.78 is 15.6. The summed E-state index contributed by atoms with van der Waals surface area (Å²) >= 11 is 0. The number of rotatable bonds is 14. The van der Waals surface area contributed by atoms with E-state index in [1.165, 1.54) is 31.8 Å². The molecule has 4 aromatic heterocycles. The number of carbonyl (C=O) groups is 1. The molecule has 12 heteroatoms. The van der Waals surface area contributed by atoms with E-state index in [4.69, 9.17) is 14.1 Å². The molecule has 0 saturated heterocycles. The molecular weight excluding hydrogens is 687 g/mol. The topological polar surface area (TPSA) is 121 Å². The fraction of sp³-hybridized carbons (Fsp3) is 0.325. The van der Waals surface area contributed by atoms with Crippen LogP contribution in [0.1, 0.15) is 44.0 Å². The highest BCUT2D eigenvalue weighted by Gasteiger charge is 2.50. The van der Waals surface area contributed by atoms with Gasteiger partial charge in [0.05, 0.1) is 5.52 Å². The lowest BCUT2D eigenvalue weighted by Gasteiger charge is -2.43. The number of pyridine rings is 3. The van der Waals surface area contributed by atoms with E-state index in [2.05, 4.69) is 98.9 Å². The van der Waals surface area contributed by atoms with Crippen molar-refractivity contribution in [3.05, 3.63) is 113 Å². The second kappa shape index (κ2) is 15.1. The third kappa shape index (κ3) is 7.42. The van der Waals surface area contributed by atoms with Crippen molar-refractivity contribution >= 4 is 54.7 Å².